The molecule has 41 heavy (non-hydrogen) atoms. The Morgan fingerprint density at radius 3 is 1.73 bits per heavy atom. The summed E-state index contributed by atoms with van der Waals surface area (Å²) in [6.45, 7) is 1.64. The molecule has 0 radical (unpaired) electrons. The Hall–Kier alpha value is -4.81. The lowest BCUT2D eigenvalue weighted by molar-refractivity contribution is -0.148. The molecule has 0 aliphatic heterocycles. The molecule has 2 atom stereocenters. The van der Waals surface area contributed by atoms with Crippen molar-refractivity contribution in [3.63, 3.8) is 0 Å². The minimum Gasteiger partial charge on any atom is -0.467 e. The number of nitrogens with one attached hydrogen (secondary N) is 1. The lowest BCUT2D eigenvalue weighted by Gasteiger charge is -2.47. The molecule has 5 aromatic rings. The number of esters is 1. The number of methoxy groups -OCH3 is 1. The molecule has 4 aromatic carbocycles. The van der Waals surface area contributed by atoms with E-state index >= 15 is 0 Å². The van der Waals surface area contributed by atoms with Crippen molar-refractivity contribution in [2.75, 3.05) is 7.11 Å². The number of aliphatic hydroxyl groups excluding tert-OH is 1. The van der Waals surface area contributed by atoms with E-state index < -0.39 is 23.0 Å². The van der Waals surface area contributed by atoms with Gasteiger partial charge in [0.1, 0.15) is 11.9 Å². The zero-order chi connectivity index (χ0) is 28.7. The normalized spacial score (nSPS) is 13.9. The van der Waals surface area contributed by atoms with Crippen molar-refractivity contribution >= 4 is 12.2 Å². The number of imidazole rings is 1. The minimum atomic E-state index is -1.55. The smallest absolute Gasteiger partial charge is 0.335 e. The fraction of sp³-hybridized carbons (Fsp3) is 0.171. The second-order valence-electron chi connectivity index (χ2n) is 10.0. The molecule has 0 aliphatic rings. The molecule has 2 N–H and O–H groups in total. The van der Waals surface area contributed by atoms with Crippen LogP contribution in [0, 0.1) is 0 Å². The molecule has 1 heterocycles. The van der Waals surface area contributed by atoms with Crippen molar-refractivity contribution in [2.24, 2.45) is 4.99 Å². The number of hydrogen-bond acceptors (Lipinski definition) is 5. The van der Waals surface area contributed by atoms with Crippen LogP contribution in [0.2, 0.25) is 0 Å². The fourth-order valence-electron chi connectivity index (χ4n) is 5.68. The van der Waals surface area contributed by atoms with E-state index in [0.717, 1.165) is 22.3 Å². The molecule has 5 rings (SSSR count). The van der Waals surface area contributed by atoms with Gasteiger partial charge in [0.05, 0.1) is 12.5 Å². The monoisotopic (exact) mass is 543 g/mol. The van der Waals surface area contributed by atoms with Gasteiger partial charge in [-0.3, -0.25) is 4.99 Å². The first-order chi connectivity index (χ1) is 20.0. The maximum atomic E-state index is 14.5. The number of aliphatic hydroxyl groups is 1. The Morgan fingerprint density at radius 1 is 0.854 bits per heavy atom. The van der Waals surface area contributed by atoms with Gasteiger partial charge in [0.2, 0.25) is 0 Å². The molecule has 1 aromatic heterocycles. The number of benzene rings is 4. The van der Waals surface area contributed by atoms with Crippen LogP contribution in [0.3, 0.4) is 0 Å². The Kier molecular flexibility index (Phi) is 8.22. The van der Waals surface area contributed by atoms with E-state index in [2.05, 4.69) is 9.97 Å². The van der Waals surface area contributed by atoms with Gasteiger partial charge in [-0.05, 0) is 29.2 Å². The number of aromatic nitrogens is 2. The average molecular weight is 544 g/mol. The molecule has 6 heteroatoms. The zero-order valence-corrected chi connectivity index (χ0v) is 23.1. The summed E-state index contributed by atoms with van der Waals surface area (Å²) in [7, 11) is 1.40. The maximum Gasteiger partial charge on any atom is 0.335 e. The molecular formula is C35H33N3O3. The average Bonchev–Trinajstić information content (AvgIpc) is 3.50. The second kappa shape index (κ2) is 12.1. The summed E-state index contributed by atoms with van der Waals surface area (Å²) in [5, 5.41) is 10.2. The van der Waals surface area contributed by atoms with Gasteiger partial charge in [-0.25, -0.2) is 9.78 Å². The summed E-state index contributed by atoms with van der Waals surface area (Å²) < 4.78 is 5.66. The van der Waals surface area contributed by atoms with Crippen molar-refractivity contribution in [3.05, 3.63) is 161 Å². The molecule has 0 spiro atoms. The van der Waals surface area contributed by atoms with E-state index in [1.165, 1.54) is 7.11 Å². The number of ether oxygens (including phenoxy) is 1. The van der Waals surface area contributed by atoms with Gasteiger partial charge in [0.25, 0.3) is 0 Å². The van der Waals surface area contributed by atoms with Gasteiger partial charge < -0.3 is 14.8 Å². The van der Waals surface area contributed by atoms with Crippen LogP contribution in [0.5, 0.6) is 0 Å². The standard InChI is InChI=1S/C35H33N3O3/c1-26(39)32-36-25-31(38-32)23-34(33(40)41-2,37-24-27-15-7-3-8-16-27)35(28-17-9-4-10-18-28,29-19-11-5-12-20-29)30-21-13-6-14-22-30/h3-22,24-26,39H,23H2,1-2H3,(H,36,38)/t26?,34-/m0/s1. The SMILES string of the molecule is COC(=O)[C@](Cc1cnc(C(C)O)[nH]1)(N=Cc1ccccc1)C(c1ccccc1)(c1ccccc1)c1ccccc1. The summed E-state index contributed by atoms with van der Waals surface area (Å²) in [4.78, 5) is 27.4. The van der Waals surface area contributed by atoms with Crippen LogP contribution in [0.1, 0.15) is 46.8 Å². The second-order valence-corrected chi connectivity index (χ2v) is 10.0. The summed E-state index contributed by atoms with van der Waals surface area (Å²) in [5.74, 6) is -0.0926. The molecule has 1 unspecified atom stereocenters. The van der Waals surface area contributed by atoms with Gasteiger partial charge in [0.15, 0.2) is 5.54 Å². The van der Waals surface area contributed by atoms with Crippen LogP contribution in [0.15, 0.2) is 133 Å². The fourth-order valence-corrected chi connectivity index (χ4v) is 5.68. The quantitative estimate of drug-likeness (QED) is 0.127. The highest BCUT2D eigenvalue weighted by molar-refractivity contribution is 5.91. The lowest BCUT2D eigenvalue weighted by atomic mass is 9.56. The summed E-state index contributed by atoms with van der Waals surface area (Å²) in [6, 6.07) is 39.6. The first kappa shape index (κ1) is 27.7. The molecule has 0 saturated heterocycles. The summed E-state index contributed by atoms with van der Waals surface area (Å²) in [5.41, 5.74) is 1.44. The van der Waals surface area contributed by atoms with E-state index in [1.807, 2.05) is 121 Å². The van der Waals surface area contributed by atoms with Crippen LogP contribution in [0.4, 0.5) is 0 Å². The number of carbonyl (C=O) groups is 1. The number of nitrogens with zero attached hydrogens (tertiary/aromatic N) is 2. The van der Waals surface area contributed by atoms with Crippen molar-refractivity contribution in [1.82, 2.24) is 9.97 Å². The molecule has 0 amide bonds. The van der Waals surface area contributed by atoms with Gasteiger partial charge >= 0.3 is 5.97 Å². The molecule has 0 fully saturated rings. The highest BCUT2D eigenvalue weighted by Gasteiger charge is 2.60. The first-order valence-electron chi connectivity index (χ1n) is 13.6. The maximum absolute atomic E-state index is 14.5. The first-order valence-corrected chi connectivity index (χ1v) is 13.6. The highest BCUT2D eigenvalue weighted by atomic mass is 16.5. The number of aliphatic imine (C=N–C) groups is 1. The Morgan fingerprint density at radius 2 is 1.32 bits per heavy atom. The topological polar surface area (TPSA) is 87.6 Å². The lowest BCUT2D eigenvalue weighted by Crippen LogP contribution is -2.59. The number of H-pyrrole nitrogens is 1. The van der Waals surface area contributed by atoms with Crippen LogP contribution in [0.25, 0.3) is 0 Å². The van der Waals surface area contributed by atoms with Crippen molar-refractivity contribution in [3.8, 4) is 0 Å². The predicted molar refractivity (Wildman–Crippen MR) is 161 cm³/mol. The molecule has 0 saturated carbocycles. The van der Waals surface area contributed by atoms with Crippen molar-refractivity contribution in [1.29, 1.82) is 0 Å². The largest absolute Gasteiger partial charge is 0.467 e. The molecule has 6 nitrogen and oxygen atoms in total. The van der Waals surface area contributed by atoms with Crippen LogP contribution >= 0.6 is 0 Å². The Balaban J connectivity index is 1.93. The van der Waals surface area contributed by atoms with Crippen LogP contribution in [-0.2, 0) is 21.4 Å². The minimum absolute atomic E-state index is 0.113. The van der Waals surface area contributed by atoms with Gasteiger partial charge in [-0.2, -0.15) is 0 Å². The van der Waals surface area contributed by atoms with Crippen molar-refractivity contribution < 1.29 is 14.6 Å². The number of rotatable bonds is 10. The number of hydrogen-bond donors (Lipinski definition) is 2. The predicted octanol–water partition coefficient (Wildman–Crippen LogP) is 6.07. The third-order valence-corrected chi connectivity index (χ3v) is 7.49. The number of aromatic amines is 1. The van der Waals surface area contributed by atoms with Crippen LogP contribution < -0.4 is 0 Å². The van der Waals surface area contributed by atoms with E-state index in [1.54, 1.807) is 19.3 Å². The Bertz CT molecular complexity index is 1490. The number of carbonyl (C=O) groups excluding carboxylic acids is 1. The molecule has 0 aliphatic carbocycles. The van der Waals surface area contributed by atoms with E-state index in [9.17, 15) is 9.90 Å². The third-order valence-electron chi connectivity index (χ3n) is 7.49. The van der Waals surface area contributed by atoms with Crippen molar-refractivity contribution in [2.45, 2.75) is 30.4 Å². The van der Waals surface area contributed by atoms with E-state index in [-0.39, 0.29) is 6.42 Å². The van der Waals surface area contributed by atoms with Crippen LogP contribution in [-0.4, -0.2) is 39.9 Å². The summed E-state index contributed by atoms with van der Waals surface area (Å²) in [6.07, 6.45) is 2.71. The molecule has 0 bridgehead atoms. The zero-order valence-electron chi connectivity index (χ0n) is 23.1. The molecule has 206 valence electrons. The van der Waals surface area contributed by atoms with E-state index in [4.69, 9.17) is 9.73 Å². The Labute approximate surface area is 240 Å². The van der Waals surface area contributed by atoms with E-state index in [0.29, 0.717) is 11.5 Å². The molecular weight excluding hydrogens is 510 g/mol. The third kappa shape index (κ3) is 5.22. The van der Waals surface area contributed by atoms with Gasteiger partial charge in [-0.15, -0.1) is 0 Å². The summed E-state index contributed by atoms with van der Waals surface area (Å²) >= 11 is 0. The highest BCUT2D eigenvalue weighted by Crippen LogP contribution is 2.51. The van der Waals surface area contributed by atoms with Gasteiger partial charge in [-0.1, -0.05) is 121 Å². The van der Waals surface area contributed by atoms with Gasteiger partial charge in [0, 0.05) is 24.5 Å².